The van der Waals surface area contributed by atoms with Gasteiger partial charge in [0.05, 0.1) is 0 Å². The Kier molecular flexibility index (Phi) is 11.4. The monoisotopic (exact) mass is 506 g/mol. The minimum absolute atomic E-state index is 0.00694. The van der Waals surface area contributed by atoms with Gasteiger partial charge in [0.1, 0.15) is 0 Å². The molecule has 2 fully saturated rings. The van der Waals surface area contributed by atoms with Crippen LogP contribution in [0.15, 0.2) is 18.2 Å². The molecule has 3 aliphatic rings. The van der Waals surface area contributed by atoms with E-state index in [-0.39, 0.29) is 25.2 Å². The summed E-state index contributed by atoms with van der Waals surface area (Å²) in [5.41, 5.74) is 2.15. The number of halogens is 2. The zero-order valence-electron chi connectivity index (χ0n) is 18.6. The SMILES string of the molecule is C[C@@H]1[N-]C2CCCCC2[N-]CC[N-][C@@H]2CCCC[C@H]2[N-][C@@H](C)c2cccc1n2.[Cl][Mn][Cl]. The van der Waals surface area contributed by atoms with Gasteiger partial charge in [-0.05, 0) is 12.1 Å². The molecule has 1 aromatic rings. The van der Waals surface area contributed by atoms with E-state index in [2.05, 4.69) is 32.0 Å². The number of hydrogen-bond acceptors (Lipinski definition) is 1. The fraction of sp³-hybridized carbons (Fsp3) is 0.783. The van der Waals surface area contributed by atoms with Gasteiger partial charge in [0, 0.05) is 11.4 Å². The van der Waals surface area contributed by atoms with Crippen molar-refractivity contribution in [1.82, 2.24) is 4.98 Å². The summed E-state index contributed by atoms with van der Waals surface area (Å²) in [6, 6.07) is 8.00. The van der Waals surface area contributed by atoms with Crippen LogP contribution in [0.1, 0.15) is 88.7 Å². The number of hydrogen-bond donors (Lipinski definition) is 0. The van der Waals surface area contributed by atoms with E-state index in [0.717, 1.165) is 37.3 Å². The van der Waals surface area contributed by atoms with Gasteiger partial charge in [0.25, 0.3) is 0 Å². The van der Waals surface area contributed by atoms with Gasteiger partial charge in [-0.25, -0.2) is 0 Å². The molecule has 0 radical (unpaired) electrons. The fourth-order valence-corrected chi connectivity index (χ4v) is 5.07. The molecule has 6 atom stereocenters. The predicted octanol–water partition coefficient (Wildman–Crippen LogP) is 7.71. The molecule has 1 aromatic heterocycles. The van der Waals surface area contributed by atoms with Gasteiger partial charge >= 0.3 is 33.3 Å². The van der Waals surface area contributed by atoms with E-state index in [1.807, 2.05) is 0 Å². The van der Waals surface area contributed by atoms with Crippen molar-refractivity contribution < 1.29 is 13.1 Å². The van der Waals surface area contributed by atoms with Gasteiger partial charge in [0.2, 0.25) is 0 Å². The van der Waals surface area contributed by atoms with E-state index in [9.17, 15) is 0 Å². The molecule has 2 saturated carbocycles. The third kappa shape index (κ3) is 7.82. The molecular weight excluding hydrogens is 472 g/mol. The summed E-state index contributed by atoms with van der Waals surface area (Å²) < 4.78 is 0. The zero-order chi connectivity index (χ0) is 22.1. The number of pyridine rings is 1. The Labute approximate surface area is 203 Å². The number of nitrogens with zero attached hydrogens (tertiary/aromatic N) is 5. The molecule has 0 amide bonds. The molecule has 2 heterocycles. The van der Waals surface area contributed by atoms with Gasteiger partial charge in [-0.2, -0.15) is 37.3 Å². The zero-order valence-corrected chi connectivity index (χ0v) is 21.3. The van der Waals surface area contributed by atoms with E-state index >= 15 is 0 Å². The van der Waals surface area contributed by atoms with Crippen LogP contribution < -0.4 is 0 Å². The number of aromatic nitrogens is 1. The Morgan fingerprint density at radius 2 is 1.13 bits per heavy atom. The molecular formula is C23H35Cl2MnN5-4. The van der Waals surface area contributed by atoms with E-state index in [1.54, 1.807) is 0 Å². The summed E-state index contributed by atoms with van der Waals surface area (Å²) in [6.45, 7) is 6.06. The molecule has 2 bridgehead atoms. The Balaban J connectivity index is 0.000000858. The first-order chi connectivity index (χ1) is 15.1. The Morgan fingerprint density at radius 1 is 0.742 bits per heavy atom. The van der Waals surface area contributed by atoms with Crippen LogP contribution in [0.4, 0.5) is 0 Å². The van der Waals surface area contributed by atoms with Gasteiger partial charge in [-0.15, -0.1) is 0 Å². The average Bonchev–Trinajstić information content (AvgIpc) is 2.79. The van der Waals surface area contributed by atoms with Crippen molar-refractivity contribution >= 4 is 20.2 Å². The van der Waals surface area contributed by atoms with Crippen LogP contribution >= 0.6 is 20.2 Å². The molecule has 0 spiro atoms. The minimum atomic E-state index is 0.00694. The first kappa shape index (κ1) is 25.7. The normalized spacial score (nSPS) is 34.7. The molecule has 2 unspecified atom stereocenters. The second-order valence-corrected chi connectivity index (χ2v) is 10.8. The molecule has 2 aliphatic carbocycles. The summed E-state index contributed by atoms with van der Waals surface area (Å²) in [4.78, 5) is 4.97. The molecule has 5 nitrogen and oxygen atoms in total. The Bertz CT molecular complexity index is 603. The van der Waals surface area contributed by atoms with Gasteiger partial charge in [-0.3, -0.25) is 4.98 Å². The van der Waals surface area contributed by atoms with Crippen molar-refractivity contribution in [3.63, 3.8) is 0 Å². The van der Waals surface area contributed by atoms with Crippen LogP contribution in [-0.4, -0.2) is 42.2 Å². The summed E-state index contributed by atoms with van der Waals surface area (Å²) in [5.74, 6) is 0. The third-order valence-electron chi connectivity index (χ3n) is 6.69. The molecule has 1 aliphatic heterocycles. The van der Waals surface area contributed by atoms with Crippen molar-refractivity contribution in [2.45, 2.75) is 101 Å². The second-order valence-electron chi connectivity index (χ2n) is 8.84. The van der Waals surface area contributed by atoms with Gasteiger partial charge in [0.15, 0.2) is 0 Å². The summed E-state index contributed by atoms with van der Waals surface area (Å²) in [7, 11) is 9.59. The molecule has 0 aromatic carbocycles. The molecule has 8 heteroatoms. The van der Waals surface area contributed by atoms with Crippen molar-refractivity contribution in [1.29, 1.82) is 0 Å². The first-order valence-electron chi connectivity index (χ1n) is 11.7. The molecule has 4 rings (SSSR count). The maximum absolute atomic E-state index is 5.16. The summed E-state index contributed by atoms with van der Waals surface area (Å²) in [6.07, 6.45) is 9.76. The van der Waals surface area contributed by atoms with Crippen LogP contribution in [0, 0.1) is 0 Å². The van der Waals surface area contributed by atoms with Crippen molar-refractivity contribution in [3.8, 4) is 0 Å². The Morgan fingerprint density at radius 3 is 1.55 bits per heavy atom. The number of fused-ring (bicyclic) bond motifs is 4. The van der Waals surface area contributed by atoms with Gasteiger partial charge < -0.3 is 21.3 Å². The molecule has 177 valence electrons. The van der Waals surface area contributed by atoms with Crippen LogP contribution in [0.2, 0.25) is 0 Å². The van der Waals surface area contributed by atoms with Crippen LogP contribution in [0.5, 0.6) is 0 Å². The van der Waals surface area contributed by atoms with Crippen molar-refractivity contribution in [3.05, 3.63) is 50.9 Å². The fourth-order valence-electron chi connectivity index (χ4n) is 5.07. The van der Waals surface area contributed by atoms with E-state index in [4.69, 9.17) is 46.4 Å². The average molecular weight is 507 g/mol. The van der Waals surface area contributed by atoms with Gasteiger partial charge in [-0.1, -0.05) is 83.4 Å². The van der Waals surface area contributed by atoms with Crippen LogP contribution in [0.25, 0.3) is 21.3 Å². The van der Waals surface area contributed by atoms with Crippen LogP contribution in [-0.2, 0) is 13.1 Å². The standard InChI is InChI=1S/C23H35N5.2ClH.Mn/c1-16-18-12-7-13-19(28-18)17(2)27-23-11-6-4-9-21(23)25-15-14-24-20-8-3-5-10-22(20)26-16;;;/h7,12-13,16-17,20-23H,3-6,8-11,14-15H2,1-2H3;2*1H;/q-4;;;+2/p-2/t16-,17-,20+,21?,22+,23?;;;/m0.../s1. The van der Waals surface area contributed by atoms with Crippen LogP contribution in [0.3, 0.4) is 0 Å². The third-order valence-corrected chi connectivity index (χ3v) is 6.69. The molecule has 31 heavy (non-hydrogen) atoms. The number of rotatable bonds is 0. The summed E-state index contributed by atoms with van der Waals surface area (Å²) >= 11 is 0.00694. The van der Waals surface area contributed by atoms with E-state index < -0.39 is 0 Å². The topological polar surface area (TPSA) is 69.3 Å². The molecule has 0 N–H and O–H groups in total. The quantitative estimate of drug-likeness (QED) is 0.332. The van der Waals surface area contributed by atoms with Crippen molar-refractivity contribution in [2.75, 3.05) is 13.1 Å². The first-order valence-corrected chi connectivity index (χ1v) is 14.9. The second kappa shape index (κ2) is 13.7. The molecule has 0 saturated heterocycles. The maximum atomic E-state index is 5.16. The Hall–Kier alpha value is 0.0895. The van der Waals surface area contributed by atoms with Crippen molar-refractivity contribution in [2.24, 2.45) is 0 Å². The van der Waals surface area contributed by atoms with E-state index in [1.165, 1.54) is 38.5 Å². The summed E-state index contributed by atoms with van der Waals surface area (Å²) in [5, 5.41) is 20.4. The van der Waals surface area contributed by atoms with E-state index in [0.29, 0.717) is 24.2 Å². The predicted molar refractivity (Wildman–Crippen MR) is 128 cm³/mol.